The molecule has 1 aliphatic heterocycles. The van der Waals surface area contributed by atoms with E-state index in [1.807, 2.05) is 90.6 Å². The van der Waals surface area contributed by atoms with Crippen molar-refractivity contribution < 1.29 is 14.8 Å². The number of rotatable bonds is 5. The monoisotopic (exact) mass is 441 g/mol. The highest BCUT2D eigenvalue weighted by atomic mass is 16.5. The molecule has 0 aliphatic carbocycles. The van der Waals surface area contributed by atoms with Crippen LogP contribution in [-0.4, -0.2) is 42.6 Å². The number of anilines is 1. The highest BCUT2D eigenvalue weighted by Crippen LogP contribution is 2.27. The van der Waals surface area contributed by atoms with Gasteiger partial charge < -0.3 is 9.80 Å². The van der Waals surface area contributed by atoms with Crippen molar-refractivity contribution in [1.82, 2.24) is 10.4 Å². The third-order valence-corrected chi connectivity index (χ3v) is 5.91. The van der Waals surface area contributed by atoms with Gasteiger partial charge in [-0.15, -0.1) is 0 Å². The Balaban J connectivity index is 1.67. The number of benzene rings is 3. The zero-order valence-electron chi connectivity index (χ0n) is 18.8. The van der Waals surface area contributed by atoms with Crippen LogP contribution in [0.25, 0.3) is 11.6 Å². The molecule has 4 rings (SSSR count). The average Bonchev–Trinajstić information content (AvgIpc) is 2.86. The van der Waals surface area contributed by atoms with Gasteiger partial charge in [0.05, 0.1) is 0 Å². The molecule has 1 heterocycles. The Hall–Kier alpha value is -3.90. The largest absolute Gasteiger partial charge is 0.378 e. The van der Waals surface area contributed by atoms with E-state index < -0.39 is 5.91 Å². The predicted octanol–water partition coefficient (Wildman–Crippen LogP) is 4.00. The fraction of sp³-hybridized carbons (Fsp3) is 0.185. The minimum atomic E-state index is -0.563. The first kappa shape index (κ1) is 22.3. The second-order valence-corrected chi connectivity index (χ2v) is 8.31. The van der Waals surface area contributed by atoms with Crippen molar-refractivity contribution >= 4 is 29.2 Å². The average molecular weight is 442 g/mol. The molecule has 3 aromatic rings. The van der Waals surface area contributed by atoms with Crippen LogP contribution in [0.5, 0.6) is 0 Å². The van der Waals surface area contributed by atoms with E-state index in [-0.39, 0.29) is 5.91 Å². The number of carbonyl (C=O) groups is 2. The van der Waals surface area contributed by atoms with Crippen LogP contribution in [0, 0.1) is 0 Å². The lowest BCUT2D eigenvalue weighted by Gasteiger charge is -2.30. The molecule has 2 N–H and O–H groups in total. The molecule has 1 aliphatic rings. The van der Waals surface area contributed by atoms with E-state index >= 15 is 0 Å². The number of fused-ring (bicyclic) bond motifs is 1. The first-order chi connectivity index (χ1) is 16.0. The van der Waals surface area contributed by atoms with Crippen LogP contribution >= 0.6 is 0 Å². The maximum absolute atomic E-state index is 13.7. The minimum absolute atomic E-state index is 0.0564. The number of hydroxylamine groups is 1. The van der Waals surface area contributed by atoms with Crippen molar-refractivity contribution in [3.63, 3.8) is 0 Å². The van der Waals surface area contributed by atoms with Gasteiger partial charge in [-0.05, 0) is 59.0 Å². The van der Waals surface area contributed by atoms with Crippen LogP contribution in [0.4, 0.5) is 5.69 Å². The zero-order valence-corrected chi connectivity index (χ0v) is 18.8. The van der Waals surface area contributed by atoms with Gasteiger partial charge in [0.15, 0.2) is 0 Å². The van der Waals surface area contributed by atoms with Crippen LogP contribution in [0.2, 0.25) is 0 Å². The number of amides is 2. The lowest BCUT2D eigenvalue weighted by Crippen LogP contribution is -2.36. The molecule has 0 unspecified atom stereocenters. The Labute approximate surface area is 193 Å². The molecule has 0 aromatic heterocycles. The molecule has 33 heavy (non-hydrogen) atoms. The summed E-state index contributed by atoms with van der Waals surface area (Å²) in [5.41, 5.74) is 7.56. The van der Waals surface area contributed by atoms with E-state index in [0.29, 0.717) is 30.6 Å². The molecular formula is C27H27N3O3. The Kier molecular flexibility index (Phi) is 6.56. The van der Waals surface area contributed by atoms with Gasteiger partial charge in [-0.2, -0.15) is 0 Å². The number of carbonyl (C=O) groups excluding carboxylic acids is 2. The van der Waals surface area contributed by atoms with Crippen molar-refractivity contribution in [2.24, 2.45) is 0 Å². The molecular weight excluding hydrogens is 414 g/mol. The molecule has 168 valence electrons. The van der Waals surface area contributed by atoms with Gasteiger partial charge in [-0.3, -0.25) is 14.8 Å². The lowest BCUT2D eigenvalue weighted by molar-refractivity contribution is -0.125. The number of nitrogens with zero attached hydrogens (tertiary/aromatic N) is 2. The predicted molar refractivity (Wildman–Crippen MR) is 130 cm³/mol. The summed E-state index contributed by atoms with van der Waals surface area (Å²) in [7, 11) is 3.97. The van der Waals surface area contributed by atoms with Gasteiger partial charge in [0.2, 0.25) is 0 Å². The summed E-state index contributed by atoms with van der Waals surface area (Å²) in [4.78, 5) is 29.4. The topological polar surface area (TPSA) is 72.9 Å². The molecule has 0 saturated heterocycles. The molecule has 6 heteroatoms. The van der Waals surface area contributed by atoms with E-state index in [0.717, 1.165) is 27.9 Å². The van der Waals surface area contributed by atoms with E-state index in [9.17, 15) is 9.59 Å². The third-order valence-electron chi connectivity index (χ3n) is 5.91. The maximum atomic E-state index is 13.7. The quantitative estimate of drug-likeness (QED) is 0.272. The molecule has 0 bridgehead atoms. The fourth-order valence-electron chi connectivity index (χ4n) is 4.03. The molecule has 3 aromatic carbocycles. The van der Waals surface area contributed by atoms with Gasteiger partial charge in [-0.1, -0.05) is 48.5 Å². The molecule has 2 amide bonds. The van der Waals surface area contributed by atoms with E-state index in [1.165, 1.54) is 0 Å². The second kappa shape index (κ2) is 9.71. The van der Waals surface area contributed by atoms with Crippen molar-refractivity contribution in [3.8, 4) is 0 Å². The van der Waals surface area contributed by atoms with Crippen LogP contribution in [0.3, 0.4) is 0 Å². The summed E-state index contributed by atoms with van der Waals surface area (Å²) < 4.78 is 0. The smallest absolute Gasteiger partial charge is 0.274 e. The Morgan fingerprint density at radius 2 is 1.64 bits per heavy atom. The maximum Gasteiger partial charge on any atom is 0.274 e. The fourth-order valence-corrected chi connectivity index (χ4v) is 4.03. The van der Waals surface area contributed by atoms with Crippen molar-refractivity contribution in [2.45, 2.75) is 13.0 Å². The minimum Gasteiger partial charge on any atom is -0.378 e. The normalized spacial score (nSPS) is 13.3. The number of hydrogen-bond acceptors (Lipinski definition) is 4. The van der Waals surface area contributed by atoms with Gasteiger partial charge in [0.25, 0.3) is 11.8 Å². The SMILES string of the molecule is CN(C)c1ccc(/C(=C\c2ccccc2)C(=O)N2CCc3ccc(C(=O)NO)cc3C2)cc1. The molecule has 6 nitrogen and oxygen atoms in total. The lowest BCUT2D eigenvalue weighted by atomic mass is 9.95. The van der Waals surface area contributed by atoms with E-state index in [1.54, 1.807) is 17.6 Å². The van der Waals surface area contributed by atoms with E-state index in [4.69, 9.17) is 5.21 Å². The highest BCUT2D eigenvalue weighted by Gasteiger charge is 2.25. The Morgan fingerprint density at radius 1 is 0.939 bits per heavy atom. The zero-order chi connectivity index (χ0) is 23.4. The first-order valence-electron chi connectivity index (χ1n) is 10.9. The summed E-state index contributed by atoms with van der Waals surface area (Å²) in [5, 5.41) is 8.95. The summed E-state index contributed by atoms with van der Waals surface area (Å²) in [6, 6.07) is 23.1. The number of nitrogens with one attached hydrogen (secondary N) is 1. The highest BCUT2D eigenvalue weighted by molar-refractivity contribution is 6.24. The molecule has 0 saturated carbocycles. The van der Waals surface area contributed by atoms with Crippen molar-refractivity contribution in [2.75, 3.05) is 25.5 Å². The van der Waals surface area contributed by atoms with Crippen molar-refractivity contribution in [3.05, 3.63) is 101 Å². The van der Waals surface area contributed by atoms with Crippen LogP contribution < -0.4 is 10.4 Å². The van der Waals surface area contributed by atoms with Gasteiger partial charge in [0, 0.05) is 44.0 Å². The molecule has 0 spiro atoms. The summed E-state index contributed by atoms with van der Waals surface area (Å²) in [5.74, 6) is -0.619. The van der Waals surface area contributed by atoms with E-state index in [2.05, 4.69) is 0 Å². The summed E-state index contributed by atoms with van der Waals surface area (Å²) in [6.45, 7) is 1.00. The van der Waals surface area contributed by atoms with Crippen LogP contribution in [-0.2, 0) is 17.8 Å². The van der Waals surface area contributed by atoms with Crippen LogP contribution in [0.1, 0.15) is 32.6 Å². The second-order valence-electron chi connectivity index (χ2n) is 8.31. The summed E-state index contributed by atoms with van der Waals surface area (Å²) >= 11 is 0. The van der Waals surface area contributed by atoms with Gasteiger partial charge >= 0.3 is 0 Å². The Morgan fingerprint density at radius 3 is 2.30 bits per heavy atom. The standard InChI is InChI=1S/C27H27N3O3/c1-29(2)24-12-10-21(11-13-24)25(16-19-6-4-3-5-7-19)27(32)30-15-14-20-8-9-22(26(31)28-33)17-23(20)18-30/h3-13,16-17,33H,14-15,18H2,1-2H3,(H,28,31)/b25-16+. The molecule has 0 atom stereocenters. The molecule has 0 fully saturated rings. The number of hydrogen-bond donors (Lipinski definition) is 2. The first-order valence-corrected chi connectivity index (χ1v) is 10.9. The van der Waals surface area contributed by atoms with Gasteiger partial charge in [0.1, 0.15) is 0 Å². The van der Waals surface area contributed by atoms with Gasteiger partial charge in [-0.25, -0.2) is 5.48 Å². The summed E-state index contributed by atoms with van der Waals surface area (Å²) in [6.07, 6.45) is 2.64. The third kappa shape index (κ3) is 4.96. The Bertz CT molecular complexity index is 1180. The molecule has 0 radical (unpaired) electrons. The van der Waals surface area contributed by atoms with Crippen LogP contribution in [0.15, 0.2) is 72.8 Å². The van der Waals surface area contributed by atoms with Crippen molar-refractivity contribution in [1.29, 1.82) is 0 Å².